The van der Waals surface area contributed by atoms with Crippen molar-refractivity contribution in [2.75, 3.05) is 7.11 Å². The highest BCUT2D eigenvalue weighted by Crippen LogP contribution is 2.37. The van der Waals surface area contributed by atoms with Crippen molar-refractivity contribution in [2.45, 2.75) is 6.18 Å². The Morgan fingerprint density at radius 2 is 1.86 bits per heavy atom. The highest BCUT2D eigenvalue weighted by atomic mass is 79.9. The fraction of sp³-hybridized carbons (Fsp3) is 0.250. The van der Waals surface area contributed by atoms with Gasteiger partial charge in [-0.2, -0.15) is 13.2 Å². The molecule has 0 N–H and O–H groups in total. The summed E-state index contributed by atoms with van der Waals surface area (Å²) in [5.74, 6) is -1.34. The van der Waals surface area contributed by atoms with E-state index in [2.05, 4.69) is 20.7 Å². The molecule has 0 amide bonds. The molecule has 0 heterocycles. The summed E-state index contributed by atoms with van der Waals surface area (Å²) in [4.78, 5) is 0. The molecular formula is C8H5BrF4O. The van der Waals surface area contributed by atoms with Crippen LogP contribution in [0.15, 0.2) is 16.6 Å². The number of methoxy groups -OCH3 is 1. The number of benzene rings is 1. The average molecular weight is 273 g/mol. The number of rotatable bonds is 1. The van der Waals surface area contributed by atoms with Crippen molar-refractivity contribution in [3.05, 3.63) is 28.0 Å². The van der Waals surface area contributed by atoms with Gasteiger partial charge < -0.3 is 4.74 Å². The molecule has 0 fully saturated rings. The van der Waals surface area contributed by atoms with Crippen LogP contribution in [0.3, 0.4) is 0 Å². The van der Waals surface area contributed by atoms with Gasteiger partial charge in [-0.25, -0.2) is 4.39 Å². The van der Waals surface area contributed by atoms with Gasteiger partial charge in [-0.1, -0.05) is 0 Å². The lowest BCUT2D eigenvalue weighted by atomic mass is 10.2. The largest absolute Gasteiger partial charge is 0.495 e. The first-order valence-electron chi connectivity index (χ1n) is 3.47. The molecular weight excluding hydrogens is 268 g/mol. The molecule has 1 rings (SSSR count). The van der Waals surface area contributed by atoms with Crippen LogP contribution < -0.4 is 4.74 Å². The highest BCUT2D eigenvalue weighted by molar-refractivity contribution is 9.10. The topological polar surface area (TPSA) is 9.23 Å². The second kappa shape index (κ2) is 3.76. The number of alkyl halides is 3. The van der Waals surface area contributed by atoms with Crippen LogP contribution in [0, 0.1) is 5.82 Å². The molecule has 0 aliphatic carbocycles. The van der Waals surface area contributed by atoms with Crippen LogP contribution in [-0.4, -0.2) is 7.11 Å². The Bertz CT molecular complexity index is 348. The first-order chi connectivity index (χ1) is 6.38. The van der Waals surface area contributed by atoms with E-state index in [4.69, 9.17) is 0 Å². The summed E-state index contributed by atoms with van der Waals surface area (Å²) in [6.45, 7) is 0. The number of hydrogen-bond acceptors (Lipinski definition) is 1. The molecule has 6 heteroatoms. The third-order valence-electron chi connectivity index (χ3n) is 1.57. The molecule has 0 unspecified atom stereocenters. The first-order valence-corrected chi connectivity index (χ1v) is 4.26. The Morgan fingerprint density at radius 3 is 2.29 bits per heavy atom. The highest BCUT2D eigenvalue weighted by Gasteiger charge is 2.35. The van der Waals surface area contributed by atoms with Gasteiger partial charge in [0, 0.05) is 0 Å². The van der Waals surface area contributed by atoms with Crippen molar-refractivity contribution in [3.8, 4) is 5.75 Å². The molecule has 1 aromatic rings. The zero-order chi connectivity index (χ0) is 10.9. The van der Waals surface area contributed by atoms with Crippen LogP contribution in [-0.2, 0) is 6.18 Å². The fourth-order valence-electron chi connectivity index (χ4n) is 0.908. The van der Waals surface area contributed by atoms with E-state index in [0.29, 0.717) is 6.07 Å². The van der Waals surface area contributed by atoms with Crippen LogP contribution in [0.25, 0.3) is 0 Å². The fourth-order valence-corrected chi connectivity index (χ4v) is 1.42. The average Bonchev–Trinajstić information content (AvgIpc) is 2.07. The van der Waals surface area contributed by atoms with Gasteiger partial charge in [0.05, 0.1) is 17.1 Å². The van der Waals surface area contributed by atoms with E-state index < -0.39 is 17.6 Å². The van der Waals surface area contributed by atoms with Crippen molar-refractivity contribution in [1.29, 1.82) is 0 Å². The summed E-state index contributed by atoms with van der Waals surface area (Å²) in [6.07, 6.45) is -4.70. The van der Waals surface area contributed by atoms with E-state index in [1.807, 2.05) is 0 Å². The SMILES string of the molecule is COc1ccc(C(F)(F)F)c(F)c1Br. The maximum absolute atomic E-state index is 13.1. The molecule has 1 nitrogen and oxygen atoms in total. The lowest BCUT2D eigenvalue weighted by Gasteiger charge is -2.10. The summed E-state index contributed by atoms with van der Waals surface area (Å²) < 4.78 is 53.9. The Balaban J connectivity index is 3.31. The van der Waals surface area contributed by atoms with E-state index in [1.165, 1.54) is 7.11 Å². The Labute approximate surface area is 85.8 Å². The van der Waals surface area contributed by atoms with Crippen molar-refractivity contribution < 1.29 is 22.3 Å². The lowest BCUT2D eigenvalue weighted by molar-refractivity contribution is -0.140. The summed E-state index contributed by atoms with van der Waals surface area (Å²) in [7, 11) is 1.24. The maximum Gasteiger partial charge on any atom is 0.419 e. The molecule has 78 valence electrons. The van der Waals surface area contributed by atoms with Crippen molar-refractivity contribution in [2.24, 2.45) is 0 Å². The number of ether oxygens (including phenoxy) is 1. The summed E-state index contributed by atoms with van der Waals surface area (Å²) in [5, 5.41) is 0. The molecule has 0 atom stereocenters. The molecule has 14 heavy (non-hydrogen) atoms. The second-order valence-electron chi connectivity index (χ2n) is 2.44. The van der Waals surface area contributed by atoms with Crippen molar-refractivity contribution in [1.82, 2.24) is 0 Å². The van der Waals surface area contributed by atoms with Gasteiger partial charge in [0.15, 0.2) is 5.82 Å². The van der Waals surface area contributed by atoms with Crippen LogP contribution in [0.2, 0.25) is 0 Å². The van der Waals surface area contributed by atoms with E-state index in [-0.39, 0.29) is 10.2 Å². The van der Waals surface area contributed by atoms with E-state index in [9.17, 15) is 17.6 Å². The predicted molar refractivity (Wildman–Crippen MR) is 45.7 cm³/mol. The molecule has 0 aromatic heterocycles. The minimum absolute atomic E-state index is 0.0236. The van der Waals surface area contributed by atoms with Gasteiger partial charge in [0.1, 0.15) is 5.75 Å². The summed E-state index contributed by atoms with van der Waals surface area (Å²) in [5.41, 5.74) is -1.31. The van der Waals surface area contributed by atoms with Crippen LogP contribution in [0.1, 0.15) is 5.56 Å². The van der Waals surface area contributed by atoms with E-state index in [0.717, 1.165) is 6.07 Å². The van der Waals surface area contributed by atoms with E-state index in [1.54, 1.807) is 0 Å². The monoisotopic (exact) mass is 272 g/mol. The smallest absolute Gasteiger partial charge is 0.419 e. The van der Waals surface area contributed by atoms with Crippen molar-refractivity contribution >= 4 is 15.9 Å². The number of halogens is 5. The lowest BCUT2D eigenvalue weighted by Crippen LogP contribution is -2.08. The molecule has 0 aliphatic heterocycles. The molecule has 0 aliphatic rings. The molecule has 0 spiro atoms. The Morgan fingerprint density at radius 1 is 1.29 bits per heavy atom. The molecule has 0 radical (unpaired) electrons. The minimum Gasteiger partial charge on any atom is -0.495 e. The van der Waals surface area contributed by atoms with Crippen LogP contribution in [0.4, 0.5) is 17.6 Å². The third-order valence-corrected chi connectivity index (χ3v) is 2.31. The van der Waals surface area contributed by atoms with Gasteiger partial charge in [-0.3, -0.25) is 0 Å². The quantitative estimate of drug-likeness (QED) is 0.710. The Hall–Kier alpha value is -0.780. The van der Waals surface area contributed by atoms with Crippen LogP contribution in [0.5, 0.6) is 5.75 Å². The number of hydrogen-bond donors (Lipinski definition) is 0. The molecule has 1 aromatic carbocycles. The normalized spacial score (nSPS) is 11.6. The molecule has 0 saturated carbocycles. The predicted octanol–water partition coefficient (Wildman–Crippen LogP) is 3.62. The summed E-state index contributed by atoms with van der Waals surface area (Å²) in [6, 6.07) is 1.69. The third kappa shape index (κ3) is 2.00. The first kappa shape index (κ1) is 11.3. The van der Waals surface area contributed by atoms with Gasteiger partial charge >= 0.3 is 6.18 Å². The van der Waals surface area contributed by atoms with Crippen LogP contribution >= 0.6 is 15.9 Å². The molecule has 0 bridgehead atoms. The van der Waals surface area contributed by atoms with Gasteiger partial charge in [-0.15, -0.1) is 0 Å². The van der Waals surface area contributed by atoms with E-state index >= 15 is 0 Å². The summed E-state index contributed by atoms with van der Waals surface area (Å²) >= 11 is 2.68. The zero-order valence-corrected chi connectivity index (χ0v) is 8.54. The standard InChI is InChI=1S/C8H5BrF4O/c1-14-5-3-2-4(8(11,12)13)7(10)6(5)9/h2-3H,1H3. The molecule has 0 saturated heterocycles. The maximum atomic E-state index is 13.1. The minimum atomic E-state index is -4.70. The van der Waals surface area contributed by atoms with Gasteiger partial charge in [0.25, 0.3) is 0 Å². The second-order valence-corrected chi connectivity index (χ2v) is 3.23. The van der Waals surface area contributed by atoms with Gasteiger partial charge in [0.2, 0.25) is 0 Å². The Kier molecular flexibility index (Phi) is 3.04. The van der Waals surface area contributed by atoms with Crippen molar-refractivity contribution in [3.63, 3.8) is 0 Å². The van der Waals surface area contributed by atoms with Gasteiger partial charge in [-0.05, 0) is 28.1 Å². The zero-order valence-electron chi connectivity index (χ0n) is 6.95.